The third kappa shape index (κ3) is 4.55. The molecule has 0 aliphatic carbocycles. The van der Waals surface area contributed by atoms with Crippen molar-refractivity contribution >= 4 is 10.0 Å². The Labute approximate surface area is 145 Å². The highest BCUT2D eigenvalue weighted by Crippen LogP contribution is 2.35. The maximum absolute atomic E-state index is 13.0. The Kier molecular flexibility index (Phi) is 5.39. The first-order valence-electron chi connectivity index (χ1n) is 7.18. The fourth-order valence-electron chi connectivity index (χ4n) is 2.28. The number of alkyl halides is 6. The molecule has 0 aromatic heterocycles. The Morgan fingerprint density at radius 1 is 0.885 bits per heavy atom. The van der Waals surface area contributed by atoms with Crippen LogP contribution in [0.4, 0.5) is 26.3 Å². The highest BCUT2D eigenvalue weighted by molar-refractivity contribution is 7.89. The van der Waals surface area contributed by atoms with Gasteiger partial charge in [-0.3, -0.25) is 0 Å². The van der Waals surface area contributed by atoms with Crippen LogP contribution < -0.4 is 4.72 Å². The van der Waals surface area contributed by atoms with Gasteiger partial charge in [-0.25, -0.2) is 13.1 Å². The summed E-state index contributed by atoms with van der Waals surface area (Å²) in [6.45, 7) is 1.24. The van der Waals surface area contributed by atoms with Crippen LogP contribution in [0.1, 0.15) is 29.7 Å². The van der Waals surface area contributed by atoms with Crippen molar-refractivity contribution in [1.29, 1.82) is 0 Å². The average Bonchev–Trinajstić information content (AvgIpc) is 2.53. The summed E-state index contributed by atoms with van der Waals surface area (Å²) < 4.78 is 104. The molecule has 3 nitrogen and oxygen atoms in total. The van der Waals surface area contributed by atoms with Gasteiger partial charge in [0.05, 0.1) is 16.0 Å². The van der Waals surface area contributed by atoms with Crippen LogP contribution >= 0.6 is 0 Å². The Morgan fingerprint density at radius 3 is 2.08 bits per heavy atom. The molecule has 1 atom stereocenters. The minimum Gasteiger partial charge on any atom is -0.207 e. The van der Waals surface area contributed by atoms with E-state index in [4.69, 9.17) is 0 Å². The van der Waals surface area contributed by atoms with Crippen LogP contribution in [0.2, 0.25) is 0 Å². The second kappa shape index (κ2) is 6.92. The first-order chi connectivity index (χ1) is 11.8. The monoisotopic (exact) mass is 397 g/mol. The first-order valence-corrected chi connectivity index (χ1v) is 8.66. The van der Waals surface area contributed by atoms with Crippen molar-refractivity contribution < 1.29 is 34.8 Å². The maximum Gasteiger partial charge on any atom is 0.417 e. The molecule has 0 aliphatic rings. The van der Waals surface area contributed by atoms with E-state index in [2.05, 4.69) is 0 Å². The van der Waals surface area contributed by atoms with Crippen molar-refractivity contribution in [3.05, 3.63) is 65.2 Å². The van der Waals surface area contributed by atoms with E-state index >= 15 is 0 Å². The molecule has 0 spiro atoms. The maximum atomic E-state index is 13.0. The Bertz CT molecular complexity index is 890. The van der Waals surface area contributed by atoms with Gasteiger partial charge in [0.1, 0.15) is 0 Å². The molecule has 2 aromatic rings. The van der Waals surface area contributed by atoms with E-state index in [-0.39, 0.29) is 5.56 Å². The van der Waals surface area contributed by atoms with Crippen molar-refractivity contribution in [1.82, 2.24) is 4.72 Å². The summed E-state index contributed by atoms with van der Waals surface area (Å²) in [5.41, 5.74) is -2.38. The van der Waals surface area contributed by atoms with E-state index in [0.717, 1.165) is 36.4 Å². The minimum absolute atomic E-state index is 0.0344. The van der Waals surface area contributed by atoms with Crippen LogP contribution in [0.25, 0.3) is 0 Å². The van der Waals surface area contributed by atoms with Crippen LogP contribution in [-0.2, 0) is 22.4 Å². The zero-order valence-electron chi connectivity index (χ0n) is 13.2. The smallest absolute Gasteiger partial charge is 0.207 e. The van der Waals surface area contributed by atoms with E-state index in [1.54, 1.807) is 0 Å². The third-order valence-corrected chi connectivity index (χ3v) is 5.13. The van der Waals surface area contributed by atoms with Crippen LogP contribution in [0.5, 0.6) is 0 Å². The lowest BCUT2D eigenvalue weighted by Gasteiger charge is -2.18. The van der Waals surface area contributed by atoms with Gasteiger partial charge in [0.2, 0.25) is 10.0 Å². The van der Waals surface area contributed by atoms with Gasteiger partial charge in [-0.2, -0.15) is 26.3 Å². The number of sulfonamides is 1. The van der Waals surface area contributed by atoms with Gasteiger partial charge in [-0.1, -0.05) is 24.3 Å². The number of halogens is 6. The summed E-state index contributed by atoms with van der Waals surface area (Å²) in [5, 5.41) is 0. The number of benzene rings is 2. The van der Waals surface area contributed by atoms with Gasteiger partial charge >= 0.3 is 12.4 Å². The molecular weight excluding hydrogens is 384 g/mol. The summed E-state index contributed by atoms with van der Waals surface area (Å²) in [6.07, 6.45) is -9.53. The molecule has 0 saturated carbocycles. The first kappa shape index (κ1) is 20.2. The van der Waals surface area contributed by atoms with Gasteiger partial charge < -0.3 is 0 Å². The second-order valence-corrected chi connectivity index (χ2v) is 7.14. The molecule has 0 heterocycles. The lowest BCUT2D eigenvalue weighted by molar-refractivity contribution is -0.140. The molecule has 1 unspecified atom stereocenters. The fourth-order valence-corrected chi connectivity index (χ4v) is 3.74. The van der Waals surface area contributed by atoms with Gasteiger partial charge in [0.15, 0.2) is 0 Å². The Hall–Kier alpha value is -2.07. The number of hydrogen-bond donors (Lipinski definition) is 1. The summed E-state index contributed by atoms with van der Waals surface area (Å²) in [5.74, 6) is 0. The van der Waals surface area contributed by atoms with Crippen molar-refractivity contribution in [2.75, 3.05) is 0 Å². The molecule has 0 bridgehead atoms. The average molecular weight is 397 g/mol. The van der Waals surface area contributed by atoms with Crippen molar-refractivity contribution in [2.45, 2.75) is 30.2 Å². The SMILES string of the molecule is CC(NS(=O)(=O)c1ccccc1C(F)(F)F)c1cccc(C(F)(F)F)c1. The molecule has 10 heteroatoms. The molecule has 2 rings (SSSR count). The highest BCUT2D eigenvalue weighted by Gasteiger charge is 2.37. The molecule has 26 heavy (non-hydrogen) atoms. The van der Waals surface area contributed by atoms with Crippen LogP contribution in [-0.4, -0.2) is 8.42 Å². The number of hydrogen-bond acceptors (Lipinski definition) is 2. The predicted octanol–water partition coefficient (Wildman–Crippen LogP) is 4.76. The van der Waals surface area contributed by atoms with Crippen molar-refractivity contribution in [3.8, 4) is 0 Å². The van der Waals surface area contributed by atoms with Crippen LogP contribution in [0.15, 0.2) is 53.4 Å². The Balaban J connectivity index is 2.37. The van der Waals surface area contributed by atoms with Gasteiger partial charge in [-0.05, 0) is 36.8 Å². The van der Waals surface area contributed by atoms with E-state index in [1.165, 1.54) is 13.0 Å². The van der Waals surface area contributed by atoms with Crippen LogP contribution in [0.3, 0.4) is 0 Å². The summed E-state index contributed by atoms with van der Waals surface area (Å²) in [4.78, 5) is -0.994. The van der Waals surface area contributed by atoms with Crippen molar-refractivity contribution in [3.63, 3.8) is 0 Å². The quantitative estimate of drug-likeness (QED) is 0.756. The molecule has 1 N–H and O–H groups in total. The van der Waals surface area contributed by atoms with E-state index in [1.807, 2.05) is 4.72 Å². The fraction of sp³-hybridized carbons (Fsp3) is 0.250. The second-order valence-electron chi connectivity index (χ2n) is 5.46. The summed E-state index contributed by atoms with van der Waals surface area (Å²) in [6, 6.07) is 6.27. The normalized spacial score (nSPS) is 14.3. The highest BCUT2D eigenvalue weighted by atomic mass is 32.2. The predicted molar refractivity (Wildman–Crippen MR) is 81.6 cm³/mol. The van der Waals surface area contributed by atoms with Gasteiger partial charge in [0, 0.05) is 6.04 Å². The van der Waals surface area contributed by atoms with E-state index in [9.17, 15) is 34.8 Å². The topological polar surface area (TPSA) is 46.2 Å². The zero-order chi connectivity index (χ0) is 19.8. The molecule has 0 amide bonds. The largest absolute Gasteiger partial charge is 0.417 e. The third-order valence-electron chi connectivity index (χ3n) is 3.53. The molecule has 2 aromatic carbocycles. The number of rotatable bonds is 4. The van der Waals surface area contributed by atoms with Gasteiger partial charge in [-0.15, -0.1) is 0 Å². The molecule has 142 valence electrons. The van der Waals surface area contributed by atoms with E-state index < -0.39 is 44.4 Å². The zero-order valence-corrected chi connectivity index (χ0v) is 14.0. The lowest BCUT2D eigenvalue weighted by Crippen LogP contribution is -2.29. The summed E-state index contributed by atoms with van der Waals surface area (Å²) >= 11 is 0. The standard InChI is InChI=1S/C16H13F6NO2S/c1-10(11-5-4-6-12(9-11)15(17,18)19)23-26(24,25)14-8-3-2-7-13(14)16(20,21)22/h2-10,23H,1H3. The van der Waals surface area contributed by atoms with E-state index in [0.29, 0.717) is 6.07 Å². The van der Waals surface area contributed by atoms with Crippen LogP contribution in [0, 0.1) is 0 Å². The number of nitrogens with one attached hydrogen (secondary N) is 1. The van der Waals surface area contributed by atoms with Crippen molar-refractivity contribution in [2.24, 2.45) is 0 Å². The molecule has 0 saturated heterocycles. The lowest BCUT2D eigenvalue weighted by atomic mass is 10.1. The molecular formula is C16H13F6NO2S. The Morgan fingerprint density at radius 2 is 1.50 bits per heavy atom. The minimum atomic E-state index is -4.90. The molecule has 0 fully saturated rings. The summed E-state index contributed by atoms with van der Waals surface area (Å²) in [7, 11) is -4.62. The van der Waals surface area contributed by atoms with Gasteiger partial charge in [0.25, 0.3) is 0 Å². The molecule has 0 aliphatic heterocycles. The molecule has 0 radical (unpaired) electrons.